The van der Waals surface area contributed by atoms with Crippen LogP contribution in [-0.2, 0) is 6.42 Å². The third-order valence-corrected chi connectivity index (χ3v) is 4.49. The molecule has 3 heteroatoms. The Morgan fingerprint density at radius 3 is 2.95 bits per heavy atom. The van der Waals surface area contributed by atoms with E-state index in [1.54, 1.807) is 0 Å². The monoisotopic (exact) mass is 261 g/mol. The molecule has 104 valence electrons. The summed E-state index contributed by atoms with van der Waals surface area (Å²) in [5.74, 6) is 1.04. The summed E-state index contributed by atoms with van der Waals surface area (Å²) in [6, 6.07) is 6.82. The predicted molar refractivity (Wildman–Crippen MR) is 75.5 cm³/mol. The molecule has 0 aromatic heterocycles. The van der Waals surface area contributed by atoms with Gasteiger partial charge in [0.2, 0.25) is 0 Å². The van der Waals surface area contributed by atoms with E-state index in [1.807, 2.05) is 0 Å². The van der Waals surface area contributed by atoms with E-state index in [4.69, 9.17) is 4.74 Å². The van der Waals surface area contributed by atoms with Gasteiger partial charge in [0.15, 0.2) is 0 Å². The Hall–Kier alpha value is -1.06. The number of benzene rings is 1. The molecule has 1 unspecified atom stereocenters. The van der Waals surface area contributed by atoms with E-state index in [0.29, 0.717) is 12.6 Å². The summed E-state index contributed by atoms with van der Waals surface area (Å²) >= 11 is 0. The van der Waals surface area contributed by atoms with Crippen molar-refractivity contribution in [2.45, 2.75) is 50.7 Å². The Kier molecular flexibility index (Phi) is 3.50. The van der Waals surface area contributed by atoms with E-state index >= 15 is 0 Å². The van der Waals surface area contributed by atoms with Crippen LogP contribution in [0.25, 0.3) is 0 Å². The minimum atomic E-state index is -0.451. The van der Waals surface area contributed by atoms with Gasteiger partial charge >= 0.3 is 0 Å². The Labute approximate surface area is 115 Å². The van der Waals surface area contributed by atoms with Crippen LogP contribution in [0.3, 0.4) is 0 Å². The molecule has 0 bridgehead atoms. The molecule has 1 aromatic carbocycles. The molecule has 1 atom stereocenters. The number of hydrogen-bond donors (Lipinski definition) is 2. The zero-order valence-electron chi connectivity index (χ0n) is 11.6. The van der Waals surface area contributed by atoms with Gasteiger partial charge in [0.05, 0.1) is 12.2 Å². The molecule has 2 aliphatic rings. The maximum Gasteiger partial charge on any atom is 0.122 e. The van der Waals surface area contributed by atoms with Crippen molar-refractivity contribution in [3.63, 3.8) is 0 Å². The summed E-state index contributed by atoms with van der Waals surface area (Å²) in [6.07, 6.45) is 5.09. The molecule has 19 heavy (non-hydrogen) atoms. The molecule has 1 aliphatic carbocycles. The number of fused-ring (bicyclic) bond motifs is 1. The average molecular weight is 261 g/mol. The molecule has 1 aromatic rings. The third kappa shape index (κ3) is 2.63. The van der Waals surface area contributed by atoms with Crippen LogP contribution in [0.4, 0.5) is 0 Å². The van der Waals surface area contributed by atoms with Gasteiger partial charge in [-0.25, -0.2) is 0 Å². The van der Waals surface area contributed by atoms with Crippen molar-refractivity contribution in [1.82, 2.24) is 5.32 Å². The number of ether oxygens (including phenoxy) is 1. The number of hydrogen-bond acceptors (Lipinski definition) is 3. The number of nitrogens with one attached hydrogen (secondary N) is 1. The fourth-order valence-corrected chi connectivity index (χ4v) is 3.00. The molecule has 1 aliphatic heterocycles. The smallest absolute Gasteiger partial charge is 0.122 e. The molecular weight excluding hydrogens is 238 g/mol. The van der Waals surface area contributed by atoms with Crippen molar-refractivity contribution in [2.75, 3.05) is 13.2 Å². The van der Waals surface area contributed by atoms with Gasteiger partial charge in [-0.05, 0) is 42.9 Å². The summed E-state index contributed by atoms with van der Waals surface area (Å²) in [4.78, 5) is 0. The summed E-state index contributed by atoms with van der Waals surface area (Å²) in [5, 5.41) is 13.7. The van der Waals surface area contributed by atoms with Crippen molar-refractivity contribution < 1.29 is 9.84 Å². The van der Waals surface area contributed by atoms with Crippen LogP contribution in [0.2, 0.25) is 0 Å². The quantitative estimate of drug-likeness (QED) is 0.856. The largest absolute Gasteiger partial charge is 0.493 e. The molecule has 0 amide bonds. The van der Waals surface area contributed by atoms with Crippen LogP contribution < -0.4 is 10.1 Å². The van der Waals surface area contributed by atoms with Gasteiger partial charge in [0.1, 0.15) is 5.75 Å². The zero-order chi connectivity index (χ0) is 13.3. The highest BCUT2D eigenvalue weighted by atomic mass is 16.5. The van der Waals surface area contributed by atoms with Gasteiger partial charge < -0.3 is 15.2 Å². The van der Waals surface area contributed by atoms with E-state index in [0.717, 1.165) is 44.5 Å². The normalized spacial score (nSPS) is 21.4. The van der Waals surface area contributed by atoms with Crippen molar-refractivity contribution in [2.24, 2.45) is 0 Å². The van der Waals surface area contributed by atoms with Crippen LogP contribution in [0.15, 0.2) is 18.2 Å². The SMILES string of the molecule is CCC(NCC1(O)CCC1)c1ccc2c(c1)CCO2. The van der Waals surface area contributed by atoms with E-state index in [9.17, 15) is 5.11 Å². The lowest BCUT2D eigenvalue weighted by atomic mass is 9.80. The fraction of sp³-hybridized carbons (Fsp3) is 0.625. The van der Waals surface area contributed by atoms with Crippen LogP contribution in [-0.4, -0.2) is 23.9 Å². The second-order valence-corrected chi connectivity index (χ2v) is 5.89. The highest BCUT2D eigenvalue weighted by Crippen LogP contribution is 2.33. The van der Waals surface area contributed by atoms with E-state index in [1.165, 1.54) is 11.1 Å². The lowest BCUT2D eigenvalue weighted by Gasteiger charge is -2.38. The van der Waals surface area contributed by atoms with Crippen LogP contribution in [0, 0.1) is 0 Å². The molecule has 0 radical (unpaired) electrons. The molecule has 3 rings (SSSR count). The summed E-state index contributed by atoms with van der Waals surface area (Å²) in [6.45, 7) is 3.70. The molecule has 3 nitrogen and oxygen atoms in total. The van der Waals surface area contributed by atoms with Gasteiger partial charge in [-0.15, -0.1) is 0 Å². The first-order valence-electron chi connectivity index (χ1n) is 7.41. The van der Waals surface area contributed by atoms with Crippen molar-refractivity contribution in [3.05, 3.63) is 29.3 Å². The van der Waals surface area contributed by atoms with Crippen LogP contribution in [0.1, 0.15) is 49.8 Å². The van der Waals surface area contributed by atoms with E-state index in [-0.39, 0.29) is 0 Å². The first-order valence-corrected chi connectivity index (χ1v) is 7.41. The van der Waals surface area contributed by atoms with Gasteiger partial charge in [0.25, 0.3) is 0 Å². The molecule has 1 fully saturated rings. The van der Waals surface area contributed by atoms with Crippen LogP contribution >= 0.6 is 0 Å². The fourth-order valence-electron chi connectivity index (χ4n) is 3.00. The topological polar surface area (TPSA) is 41.5 Å². The van der Waals surface area contributed by atoms with E-state index < -0.39 is 5.60 Å². The maximum atomic E-state index is 10.2. The lowest BCUT2D eigenvalue weighted by molar-refractivity contribution is -0.0333. The Bertz CT molecular complexity index is 454. The van der Waals surface area contributed by atoms with Gasteiger partial charge in [0, 0.05) is 19.0 Å². The van der Waals surface area contributed by atoms with Crippen LogP contribution in [0.5, 0.6) is 5.75 Å². The number of aliphatic hydroxyl groups is 1. The Morgan fingerprint density at radius 1 is 1.42 bits per heavy atom. The second kappa shape index (κ2) is 5.14. The average Bonchev–Trinajstić information content (AvgIpc) is 2.85. The highest BCUT2D eigenvalue weighted by molar-refractivity contribution is 5.40. The van der Waals surface area contributed by atoms with Crippen molar-refractivity contribution in [1.29, 1.82) is 0 Å². The first-order chi connectivity index (χ1) is 9.20. The van der Waals surface area contributed by atoms with Gasteiger partial charge in [-0.2, -0.15) is 0 Å². The van der Waals surface area contributed by atoms with E-state index in [2.05, 4.69) is 30.4 Å². The minimum absolute atomic E-state index is 0.329. The predicted octanol–water partition coefficient (Wildman–Crippen LogP) is 2.58. The van der Waals surface area contributed by atoms with Gasteiger partial charge in [-0.1, -0.05) is 19.1 Å². The summed E-state index contributed by atoms with van der Waals surface area (Å²) in [7, 11) is 0. The van der Waals surface area contributed by atoms with Gasteiger partial charge in [-0.3, -0.25) is 0 Å². The molecule has 2 N–H and O–H groups in total. The minimum Gasteiger partial charge on any atom is -0.493 e. The first kappa shape index (κ1) is 12.9. The standard InChI is InChI=1S/C16H23NO2/c1-2-14(17-11-16(18)7-3-8-16)12-4-5-15-13(10-12)6-9-19-15/h4-5,10,14,17-18H,2-3,6-9,11H2,1H3. The van der Waals surface area contributed by atoms with Crippen molar-refractivity contribution >= 4 is 0 Å². The Morgan fingerprint density at radius 2 is 2.26 bits per heavy atom. The molecular formula is C16H23NO2. The second-order valence-electron chi connectivity index (χ2n) is 5.89. The lowest BCUT2D eigenvalue weighted by Crippen LogP contribution is -2.47. The Balaban J connectivity index is 1.67. The number of rotatable bonds is 5. The summed E-state index contributed by atoms with van der Waals surface area (Å²) < 4.78 is 5.55. The zero-order valence-corrected chi connectivity index (χ0v) is 11.6. The highest BCUT2D eigenvalue weighted by Gasteiger charge is 2.34. The third-order valence-electron chi connectivity index (χ3n) is 4.49. The summed E-state index contributed by atoms with van der Waals surface area (Å²) in [5.41, 5.74) is 2.18. The molecule has 0 saturated heterocycles. The molecule has 0 spiro atoms. The van der Waals surface area contributed by atoms with Crippen molar-refractivity contribution in [3.8, 4) is 5.75 Å². The maximum absolute atomic E-state index is 10.2. The molecule has 1 heterocycles. The molecule has 1 saturated carbocycles.